The van der Waals surface area contributed by atoms with Crippen LogP contribution in [0.2, 0.25) is 0 Å². The molecule has 1 aromatic heterocycles. The van der Waals surface area contributed by atoms with E-state index in [9.17, 15) is 13.2 Å². The topological polar surface area (TPSA) is 114 Å². The van der Waals surface area contributed by atoms with E-state index in [1.807, 2.05) is 6.92 Å². The average molecular weight is 272 g/mol. The second kappa shape index (κ2) is 6.31. The number of carbonyl (C=O) groups is 1. The van der Waals surface area contributed by atoms with Crippen LogP contribution in [-0.2, 0) is 14.8 Å². The maximum absolute atomic E-state index is 11.9. The first-order chi connectivity index (χ1) is 8.45. The molecule has 0 unspecified atom stereocenters. The van der Waals surface area contributed by atoms with Crippen molar-refractivity contribution >= 4 is 21.7 Å². The van der Waals surface area contributed by atoms with E-state index in [4.69, 9.17) is 5.73 Å². The number of anilines is 1. The highest BCUT2D eigenvalue weighted by molar-refractivity contribution is 7.89. The molecule has 0 aliphatic heterocycles. The van der Waals surface area contributed by atoms with Crippen molar-refractivity contribution in [3.8, 4) is 0 Å². The molecule has 0 saturated heterocycles. The van der Waals surface area contributed by atoms with Gasteiger partial charge in [0.25, 0.3) is 0 Å². The van der Waals surface area contributed by atoms with E-state index in [0.717, 1.165) is 0 Å². The fourth-order valence-electron chi connectivity index (χ4n) is 1.25. The lowest BCUT2D eigenvalue weighted by atomic mass is 10.4. The summed E-state index contributed by atoms with van der Waals surface area (Å²) in [4.78, 5) is 14.6. The molecule has 1 heterocycles. The van der Waals surface area contributed by atoms with Crippen molar-refractivity contribution in [3.63, 3.8) is 0 Å². The Morgan fingerprint density at radius 3 is 2.83 bits per heavy atom. The largest absolute Gasteiger partial charge is 0.370 e. The van der Waals surface area contributed by atoms with Gasteiger partial charge < -0.3 is 11.1 Å². The molecule has 18 heavy (non-hydrogen) atoms. The fourth-order valence-corrected chi connectivity index (χ4v) is 2.29. The molecule has 1 rings (SSSR count). The minimum absolute atomic E-state index is 0.0173. The Morgan fingerprint density at radius 1 is 1.50 bits per heavy atom. The number of sulfonamides is 1. The standard InChI is InChI=1S/C10H16N4O3S/c1-2-12-10-7-8(3-5-13-10)18(16,17)14-6-4-9(11)15/h3,5,7,14H,2,4,6H2,1H3,(H2,11,15)(H,12,13). The van der Waals surface area contributed by atoms with Crippen LogP contribution in [0.3, 0.4) is 0 Å². The molecule has 0 spiro atoms. The molecule has 0 saturated carbocycles. The fraction of sp³-hybridized carbons (Fsp3) is 0.400. The SMILES string of the molecule is CCNc1cc(S(=O)(=O)NCCC(N)=O)ccn1. The minimum atomic E-state index is -3.63. The number of nitrogens with zero attached hydrogens (tertiary/aromatic N) is 1. The Balaban J connectivity index is 2.77. The third kappa shape index (κ3) is 4.30. The second-order valence-corrected chi connectivity index (χ2v) is 5.29. The number of nitrogens with two attached hydrogens (primary N) is 1. The van der Waals surface area contributed by atoms with Crippen molar-refractivity contribution in [3.05, 3.63) is 18.3 Å². The number of hydrogen-bond acceptors (Lipinski definition) is 5. The van der Waals surface area contributed by atoms with Gasteiger partial charge in [0, 0.05) is 31.8 Å². The van der Waals surface area contributed by atoms with Gasteiger partial charge in [-0.05, 0) is 13.0 Å². The number of aromatic nitrogens is 1. The van der Waals surface area contributed by atoms with Gasteiger partial charge in [0.05, 0.1) is 4.90 Å². The third-order valence-electron chi connectivity index (χ3n) is 2.06. The summed E-state index contributed by atoms with van der Waals surface area (Å²) in [5, 5.41) is 2.92. The smallest absolute Gasteiger partial charge is 0.240 e. The first-order valence-electron chi connectivity index (χ1n) is 5.43. The van der Waals surface area contributed by atoms with Crippen LogP contribution >= 0.6 is 0 Å². The third-order valence-corrected chi connectivity index (χ3v) is 3.52. The summed E-state index contributed by atoms with van der Waals surface area (Å²) in [5.74, 6) is -0.0731. The predicted octanol–water partition coefficient (Wildman–Crippen LogP) is -0.333. The maximum atomic E-state index is 11.9. The maximum Gasteiger partial charge on any atom is 0.240 e. The van der Waals surface area contributed by atoms with Crippen molar-refractivity contribution in [2.24, 2.45) is 5.73 Å². The molecular formula is C10H16N4O3S. The zero-order valence-corrected chi connectivity index (χ0v) is 10.8. The monoisotopic (exact) mass is 272 g/mol. The van der Waals surface area contributed by atoms with Crippen molar-refractivity contribution in [1.82, 2.24) is 9.71 Å². The van der Waals surface area contributed by atoms with Gasteiger partial charge in [0.15, 0.2) is 0 Å². The Morgan fingerprint density at radius 2 is 2.22 bits per heavy atom. The van der Waals surface area contributed by atoms with Gasteiger partial charge in [0.2, 0.25) is 15.9 Å². The lowest BCUT2D eigenvalue weighted by Gasteiger charge is -2.07. The van der Waals surface area contributed by atoms with E-state index < -0.39 is 15.9 Å². The van der Waals surface area contributed by atoms with E-state index in [2.05, 4.69) is 15.0 Å². The molecule has 8 heteroatoms. The van der Waals surface area contributed by atoms with Gasteiger partial charge >= 0.3 is 0 Å². The summed E-state index contributed by atoms with van der Waals surface area (Å²) < 4.78 is 26.0. The Bertz CT molecular complexity index is 516. The van der Waals surface area contributed by atoms with Crippen molar-refractivity contribution < 1.29 is 13.2 Å². The van der Waals surface area contributed by atoms with Crippen LogP contribution in [0.15, 0.2) is 23.2 Å². The van der Waals surface area contributed by atoms with E-state index in [1.165, 1.54) is 18.3 Å². The predicted molar refractivity (Wildman–Crippen MR) is 67.4 cm³/mol. The first-order valence-corrected chi connectivity index (χ1v) is 6.92. The van der Waals surface area contributed by atoms with Crippen molar-refractivity contribution in [2.75, 3.05) is 18.4 Å². The Labute approximate surface area is 106 Å². The van der Waals surface area contributed by atoms with E-state index in [1.54, 1.807) is 0 Å². The van der Waals surface area contributed by atoms with Gasteiger partial charge in [-0.15, -0.1) is 0 Å². The van der Waals surface area contributed by atoms with Crippen LogP contribution in [0, 0.1) is 0 Å². The summed E-state index contributed by atoms with van der Waals surface area (Å²) >= 11 is 0. The Hall–Kier alpha value is -1.67. The van der Waals surface area contributed by atoms with Crippen LogP contribution in [0.1, 0.15) is 13.3 Å². The van der Waals surface area contributed by atoms with Crippen LogP contribution < -0.4 is 15.8 Å². The summed E-state index contributed by atoms with van der Waals surface area (Å²) in [5.41, 5.74) is 4.93. The van der Waals surface area contributed by atoms with Gasteiger partial charge in [-0.2, -0.15) is 0 Å². The van der Waals surface area contributed by atoms with Gasteiger partial charge in [-0.1, -0.05) is 0 Å². The van der Waals surface area contributed by atoms with Crippen LogP contribution in [-0.4, -0.2) is 32.4 Å². The highest BCUT2D eigenvalue weighted by Gasteiger charge is 2.14. The zero-order valence-electron chi connectivity index (χ0n) is 10.0. The summed E-state index contributed by atoms with van der Waals surface area (Å²) in [6.07, 6.45) is 1.37. The molecule has 0 radical (unpaired) electrons. The number of hydrogen-bond donors (Lipinski definition) is 3. The summed E-state index contributed by atoms with van der Waals surface area (Å²) in [6.45, 7) is 2.51. The lowest BCUT2D eigenvalue weighted by Crippen LogP contribution is -2.28. The molecule has 0 atom stereocenters. The van der Waals surface area contributed by atoms with Gasteiger partial charge in [-0.3, -0.25) is 4.79 Å². The molecule has 0 aromatic carbocycles. The van der Waals surface area contributed by atoms with Crippen LogP contribution in [0.25, 0.3) is 0 Å². The number of amides is 1. The number of rotatable bonds is 7. The van der Waals surface area contributed by atoms with Gasteiger partial charge in [0.1, 0.15) is 5.82 Å². The van der Waals surface area contributed by atoms with Crippen LogP contribution in [0.4, 0.5) is 5.82 Å². The molecule has 4 N–H and O–H groups in total. The molecule has 0 fully saturated rings. The zero-order chi connectivity index (χ0) is 13.6. The molecule has 1 amide bonds. The number of nitrogens with one attached hydrogen (secondary N) is 2. The normalized spacial score (nSPS) is 11.2. The summed E-state index contributed by atoms with van der Waals surface area (Å²) in [6, 6.07) is 2.81. The quantitative estimate of drug-likeness (QED) is 0.628. The van der Waals surface area contributed by atoms with Crippen molar-refractivity contribution in [2.45, 2.75) is 18.2 Å². The molecule has 7 nitrogen and oxygen atoms in total. The second-order valence-electron chi connectivity index (χ2n) is 3.52. The van der Waals surface area contributed by atoms with E-state index in [0.29, 0.717) is 12.4 Å². The van der Waals surface area contributed by atoms with E-state index in [-0.39, 0.29) is 17.9 Å². The van der Waals surface area contributed by atoms with Crippen LogP contribution in [0.5, 0.6) is 0 Å². The van der Waals surface area contributed by atoms with E-state index >= 15 is 0 Å². The molecule has 0 aliphatic rings. The molecule has 100 valence electrons. The average Bonchev–Trinajstić information content (AvgIpc) is 2.29. The number of primary amides is 1. The first kappa shape index (κ1) is 14.4. The highest BCUT2D eigenvalue weighted by atomic mass is 32.2. The lowest BCUT2D eigenvalue weighted by molar-refractivity contribution is -0.117. The molecular weight excluding hydrogens is 256 g/mol. The Kier molecular flexibility index (Phi) is 5.05. The highest BCUT2D eigenvalue weighted by Crippen LogP contribution is 2.12. The minimum Gasteiger partial charge on any atom is -0.370 e. The number of pyridine rings is 1. The summed E-state index contributed by atoms with van der Waals surface area (Å²) in [7, 11) is -3.63. The number of carbonyl (C=O) groups excluding carboxylic acids is 1. The molecule has 1 aromatic rings. The molecule has 0 bridgehead atoms. The molecule has 0 aliphatic carbocycles. The van der Waals surface area contributed by atoms with Gasteiger partial charge in [-0.25, -0.2) is 18.1 Å². The van der Waals surface area contributed by atoms with Crippen molar-refractivity contribution in [1.29, 1.82) is 0 Å².